The summed E-state index contributed by atoms with van der Waals surface area (Å²) in [6.45, 7) is 2.91. The molecule has 4 aromatic rings. The SMILES string of the molecule is CCNC(=O)c1cc(-c2ccccc2)nc2c1cnn2Cc1ccco1. The molecule has 1 aromatic carbocycles. The first-order valence-corrected chi connectivity index (χ1v) is 8.49. The molecule has 0 unspecified atom stereocenters. The number of pyridine rings is 1. The number of benzene rings is 1. The molecule has 3 heterocycles. The third kappa shape index (κ3) is 2.97. The lowest BCUT2D eigenvalue weighted by Crippen LogP contribution is -2.23. The van der Waals surface area contributed by atoms with Crippen LogP contribution in [0.1, 0.15) is 23.0 Å². The number of fused-ring (bicyclic) bond motifs is 1. The predicted octanol–water partition coefficient (Wildman–Crippen LogP) is 3.49. The van der Waals surface area contributed by atoms with Gasteiger partial charge in [0.1, 0.15) is 12.3 Å². The Morgan fingerprint density at radius 3 is 2.77 bits per heavy atom. The van der Waals surface area contributed by atoms with Gasteiger partial charge in [-0.05, 0) is 25.1 Å². The van der Waals surface area contributed by atoms with E-state index in [9.17, 15) is 4.79 Å². The summed E-state index contributed by atoms with van der Waals surface area (Å²) in [7, 11) is 0. The molecule has 0 aliphatic rings. The molecule has 1 N–H and O–H groups in total. The number of rotatable bonds is 5. The van der Waals surface area contributed by atoms with Gasteiger partial charge in [-0.3, -0.25) is 4.79 Å². The molecule has 6 heteroatoms. The molecule has 0 fully saturated rings. The van der Waals surface area contributed by atoms with E-state index < -0.39 is 0 Å². The molecule has 0 aliphatic heterocycles. The molecule has 3 aromatic heterocycles. The Hall–Kier alpha value is -3.41. The van der Waals surface area contributed by atoms with Crippen molar-refractivity contribution in [3.63, 3.8) is 0 Å². The number of aromatic nitrogens is 3. The summed E-state index contributed by atoms with van der Waals surface area (Å²) < 4.78 is 7.17. The maximum absolute atomic E-state index is 12.6. The van der Waals surface area contributed by atoms with Crippen molar-refractivity contribution in [1.82, 2.24) is 20.1 Å². The van der Waals surface area contributed by atoms with E-state index >= 15 is 0 Å². The average Bonchev–Trinajstić information content (AvgIpc) is 3.32. The van der Waals surface area contributed by atoms with Crippen molar-refractivity contribution in [1.29, 1.82) is 0 Å². The monoisotopic (exact) mass is 346 g/mol. The van der Waals surface area contributed by atoms with E-state index in [4.69, 9.17) is 9.40 Å². The molecular formula is C20H18N4O2. The molecule has 0 aliphatic carbocycles. The molecule has 0 atom stereocenters. The second-order valence-corrected chi connectivity index (χ2v) is 5.90. The van der Waals surface area contributed by atoms with Crippen molar-refractivity contribution in [2.75, 3.05) is 6.54 Å². The average molecular weight is 346 g/mol. The molecule has 4 rings (SSSR count). The van der Waals surface area contributed by atoms with Crippen LogP contribution < -0.4 is 5.32 Å². The zero-order valence-corrected chi connectivity index (χ0v) is 14.3. The fourth-order valence-electron chi connectivity index (χ4n) is 2.91. The summed E-state index contributed by atoms with van der Waals surface area (Å²) in [6.07, 6.45) is 3.31. The van der Waals surface area contributed by atoms with Gasteiger partial charge in [-0.1, -0.05) is 30.3 Å². The standard InChI is InChI=1S/C20H18N4O2/c1-2-21-20(25)16-11-18(14-7-4-3-5-8-14)23-19-17(16)12-22-24(19)13-15-9-6-10-26-15/h3-12H,2,13H2,1H3,(H,21,25). The molecule has 26 heavy (non-hydrogen) atoms. The van der Waals surface area contributed by atoms with Gasteiger partial charge in [0.2, 0.25) is 0 Å². The number of nitrogens with one attached hydrogen (secondary N) is 1. The van der Waals surface area contributed by atoms with Gasteiger partial charge in [0.05, 0.1) is 29.1 Å². The van der Waals surface area contributed by atoms with Crippen LogP contribution in [0, 0.1) is 0 Å². The van der Waals surface area contributed by atoms with Crippen molar-refractivity contribution in [2.45, 2.75) is 13.5 Å². The molecule has 1 amide bonds. The Balaban J connectivity index is 1.88. The summed E-state index contributed by atoms with van der Waals surface area (Å²) >= 11 is 0. The highest BCUT2D eigenvalue weighted by Gasteiger charge is 2.17. The number of hydrogen-bond acceptors (Lipinski definition) is 4. The predicted molar refractivity (Wildman–Crippen MR) is 98.8 cm³/mol. The van der Waals surface area contributed by atoms with Gasteiger partial charge in [0.15, 0.2) is 5.65 Å². The maximum atomic E-state index is 12.6. The number of nitrogens with zero attached hydrogens (tertiary/aromatic N) is 3. The minimum Gasteiger partial charge on any atom is -0.467 e. The lowest BCUT2D eigenvalue weighted by atomic mass is 10.1. The molecule has 0 spiro atoms. The van der Waals surface area contributed by atoms with Crippen LogP contribution in [-0.2, 0) is 6.54 Å². The van der Waals surface area contributed by atoms with Crippen LogP contribution in [0.5, 0.6) is 0 Å². The number of amides is 1. The van der Waals surface area contributed by atoms with Gasteiger partial charge >= 0.3 is 0 Å². The molecule has 130 valence electrons. The van der Waals surface area contributed by atoms with E-state index in [1.54, 1.807) is 17.1 Å². The second-order valence-electron chi connectivity index (χ2n) is 5.90. The Bertz CT molecular complexity index is 1040. The third-order valence-electron chi connectivity index (χ3n) is 4.15. The Kier molecular flexibility index (Phi) is 4.23. The Labute approximate surface area is 150 Å². The largest absolute Gasteiger partial charge is 0.467 e. The summed E-state index contributed by atoms with van der Waals surface area (Å²) in [5, 5.41) is 8.01. The summed E-state index contributed by atoms with van der Waals surface area (Å²) in [5.41, 5.74) is 2.91. The van der Waals surface area contributed by atoms with Gasteiger partial charge in [-0.2, -0.15) is 5.10 Å². The Morgan fingerprint density at radius 1 is 1.19 bits per heavy atom. The minimum absolute atomic E-state index is 0.130. The molecule has 6 nitrogen and oxygen atoms in total. The molecule has 0 saturated carbocycles. The number of carbonyl (C=O) groups is 1. The van der Waals surface area contributed by atoms with Crippen LogP contribution in [0.25, 0.3) is 22.3 Å². The van der Waals surface area contributed by atoms with Crippen molar-refractivity contribution < 1.29 is 9.21 Å². The first-order valence-electron chi connectivity index (χ1n) is 8.49. The second kappa shape index (κ2) is 6.84. The van der Waals surface area contributed by atoms with Crippen molar-refractivity contribution in [3.8, 4) is 11.3 Å². The maximum Gasteiger partial charge on any atom is 0.252 e. The smallest absolute Gasteiger partial charge is 0.252 e. The van der Waals surface area contributed by atoms with E-state index in [1.807, 2.05) is 55.5 Å². The molecular weight excluding hydrogens is 328 g/mol. The minimum atomic E-state index is -0.130. The summed E-state index contributed by atoms with van der Waals surface area (Å²) in [5.74, 6) is 0.649. The topological polar surface area (TPSA) is 73.0 Å². The van der Waals surface area contributed by atoms with Crippen molar-refractivity contribution in [3.05, 3.63) is 72.3 Å². The fourth-order valence-corrected chi connectivity index (χ4v) is 2.91. The van der Waals surface area contributed by atoms with Gasteiger partial charge in [-0.15, -0.1) is 0 Å². The normalized spacial score (nSPS) is 11.0. The van der Waals surface area contributed by atoms with Gasteiger partial charge in [0.25, 0.3) is 5.91 Å². The number of furan rings is 1. The zero-order valence-electron chi connectivity index (χ0n) is 14.3. The quantitative estimate of drug-likeness (QED) is 0.600. The highest BCUT2D eigenvalue weighted by atomic mass is 16.3. The summed E-state index contributed by atoms with van der Waals surface area (Å²) in [4.78, 5) is 17.3. The van der Waals surface area contributed by atoms with E-state index in [2.05, 4.69) is 10.4 Å². The van der Waals surface area contributed by atoms with Gasteiger partial charge in [-0.25, -0.2) is 9.67 Å². The van der Waals surface area contributed by atoms with E-state index in [-0.39, 0.29) is 5.91 Å². The van der Waals surface area contributed by atoms with Gasteiger partial charge < -0.3 is 9.73 Å². The van der Waals surface area contributed by atoms with Crippen LogP contribution in [0.4, 0.5) is 0 Å². The molecule has 0 bridgehead atoms. The lowest BCUT2D eigenvalue weighted by molar-refractivity contribution is 0.0957. The highest BCUT2D eigenvalue weighted by Crippen LogP contribution is 2.25. The van der Waals surface area contributed by atoms with Crippen molar-refractivity contribution in [2.24, 2.45) is 0 Å². The van der Waals surface area contributed by atoms with Crippen molar-refractivity contribution >= 4 is 16.9 Å². The van der Waals surface area contributed by atoms with E-state index in [1.165, 1.54) is 0 Å². The van der Waals surface area contributed by atoms with Crippen LogP contribution in [0.2, 0.25) is 0 Å². The van der Waals surface area contributed by atoms with Crippen LogP contribution in [-0.4, -0.2) is 27.2 Å². The third-order valence-corrected chi connectivity index (χ3v) is 4.15. The lowest BCUT2D eigenvalue weighted by Gasteiger charge is -2.08. The molecule has 0 saturated heterocycles. The first-order chi connectivity index (χ1) is 12.8. The zero-order chi connectivity index (χ0) is 17.9. The van der Waals surface area contributed by atoms with E-state index in [0.29, 0.717) is 24.3 Å². The molecule has 0 radical (unpaired) electrons. The highest BCUT2D eigenvalue weighted by molar-refractivity contribution is 6.06. The van der Waals surface area contributed by atoms with E-state index in [0.717, 1.165) is 22.4 Å². The fraction of sp³-hybridized carbons (Fsp3) is 0.150. The van der Waals surface area contributed by atoms with Crippen LogP contribution in [0.3, 0.4) is 0 Å². The Morgan fingerprint density at radius 2 is 2.04 bits per heavy atom. The number of carbonyl (C=O) groups excluding carboxylic acids is 1. The number of hydrogen-bond donors (Lipinski definition) is 1. The van der Waals surface area contributed by atoms with Crippen LogP contribution in [0.15, 0.2) is 65.4 Å². The van der Waals surface area contributed by atoms with Gasteiger partial charge in [0, 0.05) is 12.1 Å². The summed E-state index contributed by atoms with van der Waals surface area (Å²) in [6, 6.07) is 15.4. The van der Waals surface area contributed by atoms with Crippen LogP contribution >= 0.6 is 0 Å². The first kappa shape index (κ1) is 16.1.